The van der Waals surface area contributed by atoms with Crippen LogP contribution in [0.5, 0.6) is 0 Å². The van der Waals surface area contributed by atoms with Gasteiger partial charge in [0.15, 0.2) is 0 Å². The molecule has 4 heteroatoms. The fourth-order valence-electron chi connectivity index (χ4n) is 2.58. The van der Waals surface area contributed by atoms with Crippen LogP contribution < -0.4 is 10.6 Å². The highest BCUT2D eigenvalue weighted by Crippen LogP contribution is 2.24. The van der Waals surface area contributed by atoms with Crippen molar-refractivity contribution in [3.05, 3.63) is 65.5 Å². The minimum atomic E-state index is -0.292. The van der Waals surface area contributed by atoms with Gasteiger partial charge in [0.05, 0.1) is 0 Å². The first-order valence-corrected chi connectivity index (χ1v) is 7.09. The zero-order valence-corrected chi connectivity index (χ0v) is 11.6. The average Bonchev–Trinajstić information content (AvgIpc) is 2.53. The maximum absolute atomic E-state index is 13.5. The first-order valence-electron chi connectivity index (χ1n) is 7.09. The van der Waals surface area contributed by atoms with E-state index in [1.165, 1.54) is 11.6 Å². The molecule has 21 heavy (non-hydrogen) atoms. The zero-order chi connectivity index (χ0) is 14.7. The topological polar surface area (TPSA) is 41.1 Å². The third kappa shape index (κ3) is 3.05. The van der Waals surface area contributed by atoms with Crippen molar-refractivity contribution in [2.24, 2.45) is 0 Å². The van der Waals surface area contributed by atoms with Crippen LogP contribution in [0.15, 0.2) is 48.5 Å². The summed E-state index contributed by atoms with van der Waals surface area (Å²) in [6, 6.07) is 14.2. The predicted molar refractivity (Wildman–Crippen MR) is 80.4 cm³/mol. The molecule has 0 aromatic heterocycles. The third-order valence-electron chi connectivity index (χ3n) is 3.78. The number of carbonyl (C=O) groups is 1. The lowest BCUT2D eigenvalue weighted by Gasteiger charge is -2.26. The quantitative estimate of drug-likeness (QED) is 0.910. The van der Waals surface area contributed by atoms with Gasteiger partial charge < -0.3 is 10.6 Å². The zero-order valence-electron chi connectivity index (χ0n) is 11.6. The van der Waals surface area contributed by atoms with Gasteiger partial charge in [-0.25, -0.2) is 4.39 Å². The summed E-state index contributed by atoms with van der Waals surface area (Å²) in [5, 5.41) is 6.04. The van der Waals surface area contributed by atoms with Crippen LogP contribution in [0.25, 0.3) is 0 Å². The standard InChI is InChI=1S/C17H17FN2O/c18-14-7-3-1-6-13(14)11-19-17(21)16-10-9-12-5-2-4-8-15(12)20-16/h1-8,16,20H,9-11H2,(H,19,21). The van der Waals surface area contributed by atoms with Gasteiger partial charge in [0.25, 0.3) is 0 Å². The van der Waals surface area contributed by atoms with Crippen LogP contribution in [0.2, 0.25) is 0 Å². The summed E-state index contributed by atoms with van der Waals surface area (Å²) in [6.45, 7) is 0.214. The Morgan fingerprint density at radius 1 is 1.19 bits per heavy atom. The number of aryl methyl sites for hydroxylation is 1. The van der Waals surface area contributed by atoms with Gasteiger partial charge in [-0.1, -0.05) is 36.4 Å². The Hall–Kier alpha value is -2.36. The lowest BCUT2D eigenvalue weighted by molar-refractivity contribution is -0.122. The first kappa shape index (κ1) is 13.6. The molecule has 0 radical (unpaired) electrons. The van der Waals surface area contributed by atoms with Crippen molar-refractivity contribution in [2.45, 2.75) is 25.4 Å². The van der Waals surface area contributed by atoms with Gasteiger partial charge in [0.1, 0.15) is 11.9 Å². The summed E-state index contributed by atoms with van der Waals surface area (Å²) in [6.07, 6.45) is 1.63. The van der Waals surface area contributed by atoms with Gasteiger partial charge in [-0.05, 0) is 30.5 Å². The van der Waals surface area contributed by atoms with Crippen molar-refractivity contribution in [3.63, 3.8) is 0 Å². The molecular weight excluding hydrogens is 267 g/mol. The SMILES string of the molecule is O=C(NCc1ccccc1F)C1CCc2ccccc2N1. The van der Waals surface area contributed by atoms with Gasteiger partial charge in [-0.15, -0.1) is 0 Å². The lowest BCUT2D eigenvalue weighted by atomic mass is 9.97. The molecule has 1 aliphatic rings. The fraction of sp³-hybridized carbons (Fsp3) is 0.235. The highest BCUT2D eigenvalue weighted by Gasteiger charge is 2.23. The molecule has 0 saturated heterocycles. The van der Waals surface area contributed by atoms with Crippen LogP contribution in [-0.4, -0.2) is 11.9 Å². The molecule has 0 saturated carbocycles. The minimum Gasteiger partial charge on any atom is -0.373 e. The monoisotopic (exact) mass is 284 g/mol. The number of benzene rings is 2. The Morgan fingerprint density at radius 2 is 1.95 bits per heavy atom. The molecule has 0 fully saturated rings. The van der Waals surface area contributed by atoms with E-state index in [1.807, 2.05) is 18.2 Å². The number of anilines is 1. The second-order valence-corrected chi connectivity index (χ2v) is 5.20. The van der Waals surface area contributed by atoms with Crippen molar-refractivity contribution in [3.8, 4) is 0 Å². The molecule has 1 heterocycles. The molecule has 2 aromatic rings. The molecule has 3 rings (SSSR count). The third-order valence-corrected chi connectivity index (χ3v) is 3.78. The molecule has 3 nitrogen and oxygen atoms in total. The highest BCUT2D eigenvalue weighted by atomic mass is 19.1. The Labute approximate surface area is 123 Å². The lowest BCUT2D eigenvalue weighted by Crippen LogP contribution is -2.41. The number of para-hydroxylation sites is 1. The number of halogens is 1. The van der Waals surface area contributed by atoms with E-state index in [0.29, 0.717) is 5.56 Å². The van der Waals surface area contributed by atoms with E-state index in [9.17, 15) is 9.18 Å². The van der Waals surface area contributed by atoms with Crippen LogP contribution in [0.1, 0.15) is 17.5 Å². The summed E-state index contributed by atoms with van der Waals surface area (Å²) in [5.41, 5.74) is 2.74. The van der Waals surface area contributed by atoms with Crippen LogP contribution in [0, 0.1) is 5.82 Å². The normalized spacial score (nSPS) is 16.7. The number of rotatable bonds is 3. The van der Waals surface area contributed by atoms with E-state index in [-0.39, 0.29) is 24.3 Å². The molecule has 1 atom stereocenters. The second-order valence-electron chi connectivity index (χ2n) is 5.20. The molecule has 1 aliphatic heterocycles. The van der Waals surface area contributed by atoms with Crippen molar-refractivity contribution in [1.82, 2.24) is 5.32 Å². The van der Waals surface area contributed by atoms with Crippen LogP contribution in [-0.2, 0) is 17.8 Å². The van der Waals surface area contributed by atoms with E-state index in [0.717, 1.165) is 18.5 Å². The highest BCUT2D eigenvalue weighted by molar-refractivity contribution is 5.85. The molecule has 0 aliphatic carbocycles. The predicted octanol–water partition coefficient (Wildman–Crippen LogP) is 2.87. The van der Waals surface area contributed by atoms with Crippen molar-refractivity contribution >= 4 is 11.6 Å². The molecule has 108 valence electrons. The van der Waals surface area contributed by atoms with Gasteiger partial charge >= 0.3 is 0 Å². The number of nitrogens with one attached hydrogen (secondary N) is 2. The number of fused-ring (bicyclic) bond motifs is 1. The van der Waals surface area contributed by atoms with E-state index >= 15 is 0 Å². The number of hydrogen-bond donors (Lipinski definition) is 2. The molecule has 0 spiro atoms. The van der Waals surface area contributed by atoms with Crippen molar-refractivity contribution < 1.29 is 9.18 Å². The van der Waals surface area contributed by atoms with Gasteiger partial charge in [0, 0.05) is 17.8 Å². The molecule has 1 unspecified atom stereocenters. The average molecular weight is 284 g/mol. The van der Waals surface area contributed by atoms with Crippen LogP contribution in [0.4, 0.5) is 10.1 Å². The van der Waals surface area contributed by atoms with Crippen molar-refractivity contribution in [2.75, 3.05) is 5.32 Å². The Bertz CT molecular complexity index is 657. The second kappa shape index (κ2) is 5.95. The smallest absolute Gasteiger partial charge is 0.242 e. The largest absolute Gasteiger partial charge is 0.373 e. The Balaban J connectivity index is 1.61. The Kier molecular flexibility index (Phi) is 3.86. The molecule has 2 aromatic carbocycles. The summed E-state index contributed by atoms with van der Waals surface area (Å²) in [5.74, 6) is -0.382. The summed E-state index contributed by atoms with van der Waals surface area (Å²) < 4.78 is 13.5. The van der Waals surface area contributed by atoms with Gasteiger partial charge in [0.2, 0.25) is 5.91 Å². The van der Waals surface area contributed by atoms with Crippen molar-refractivity contribution in [1.29, 1.82) is 0 Å². The van der Waals surface area contributed by atoms with Gasteiger partial charge in [-0.3, -0.25) is 4.79 Å². The summed E-state index contributed by atoms with van der Waals surface area (Å²) in [7, 11) is 0. The molecule has 1 amide bonds. The summed E-state index contributed by atoms with van der Waals surface area (Å²) in [4.78, 5) is 12.2. The van der Waals surface area contributed by atoms with E-state index in [1.54, 1.807) is 18.2 Å². The fourth-order valence-corrected chi connectivity index (χ4v) is 2.58. The number of amides is 1. The van der Waals surface area contributed by atoms with Crippen LogP contribution in [0.3, 0.4) is 0 Å². The van der Waals surface area contributed by atoms with Gasteiger partial charge in [-0.2, -0.15) is 0 Å². The molecular formula is C17H17FN2O. The number of hydrogen-bond acceptors (Lipinski definition) is 2. The number of carbonyl (C=O) groups excluding carboxylic acids is 1. The Morgan fingerprint density at radius 3 is 2.81 bits per heavy atom. The molecule has 0 bridgehead atoms. The minimum absolute atomic E-state index is 0.0900. The van der Waals surface area contributed by atoms with E-state index < -0.39 is 0 Å². The van der Waals surface area contributed by atoms with E-state index in [4.69, 9.17) is 0 Å². The van der Waals surface area contributed by atoms with E-state index in [2.05, 4.69) is 16.7 Å². The summed E-state index contributed by atoms with van der Waals surface area (Å²) >= 11 is 0. The maximum atomic E-state index is 13.5. The molecule has 2 N–H and O–H groups in total. The maximum Gasteiger partial charge on any atom is 0.242 e. The first-order chi connectivity index (χ1) is 10.2. The van der Waals surface area contributed by atoms with Crippen LogP contribution >= 0.6 is 0 Å².